The average molecular weight is 650 g/mol. The van der Waals surface area contributed by atoms with Crippen molar-refractivity contribution in [2.24, 2.45) is 0 Å². The number of benzene rings is 8. The summed E-state index contributed by atoms with van der Waals surface area (Å²) in [6, 6.07) is 66.9. The van der Waals surface area contributed by atoms with Crippen LogP contribution in [0, 0.1) is 0 Å². The summed E-state index contributed by atoms with van der Waals surface area (Å²) in [4.78, 5) is 10.4. The third-order valence-corrected chi connectivity index (χ3v) is 9.96. The first kappa shape index (κ1) is 29.1. The van der Waals surface area contributed by atoms with Gasteiger partial charge in [0.1, 0.15) is 0 Å². The summed E-state index contributed by atoms with van der Waals surface area (Å²) in [5.74, 6) is 0.701. The summed E-state index contributed by atoms with van der Waals surface area (Å²) in [7, 11) is 0. The van der Waals surface area contributed by atoms with Crippen molar-refractivity contribution in [1.82, 2.24) is 14.5 Å². The van der Waals surface area contributed by atoms with Crippen LogP contribution >= 0.6 is 0 Å². The second-order valence-electron chi connectivity index (χ2n) is 13.0. The van der Waals surface area contributed by atoms with E-state index in [1.54, 1.807) is 0 Å². The lowest BCUT2D eigenvalue weighted by molar-refractivity contribution is 1.16. The molecular weight excluding hydrogens is 619 g/mol. The lowest BCUT2D eigenvalue weighted by Crippen LogP contribution is -1.99. The summed E-state index contributed by atoms with van der Waals surface area (Å²) < 4.78 is 2.40. The second kappa shape index (κ2) is 11.9. The zero-order valence-electron chi connectivity index (χ0n) is 27.7. The van der Waals surface area contributed by atoms with E-state index >= 15 is 0 Å². The highest BCUT2D eigenvalue weighted by molar-refractivity contribution is 6.14. The molecule has 10 aromatic rings. The normalized spacial score (nSPS) is 11.5. The molecule has 10 rings (SSSR count). The van der Waals surface area contributed by atoms with E-state index in [1.165, 1.54) is 48.9 Å². The van der Waals surface area contributed by atoms with E-state index in [1.807, 2.05) is 24.3 Å². The van der Waals surface area contributed by atoms with Crippen molar-refractivity contribution in [2.45, 2.75) is 0 Å². The van der Waals surface area contributed by atoms with Crippen LogP contribution in [-0.2, 0) is 0 Å². The fourth-order valence-corrected chi connectivity index (χ4v) is 7.61. The molecule has 0 fully saturated rings. The molecule has 0 saturated heterocycles. The van der Waals surface area contributed by atoms with Crippen LogP contribution in [0.1, 0.15) is 0 Å². The van der Waals surface area contributed by atoms with Crippen LogP contribution in [0.4, 0.5) is 0 Å². The Balaban J connectivity index is 1.30. The van der Waals surface area contributed by atoms with E-state index in [-0.39, 0.29) is 0 Å². The average Bonchev–Trinajstić information content (AvgIpc) is 3.55. The smallest absolute Gasteiger partial charge is 0.160 e. The maximum Gasteiger partial charge on any atom is 0.160 e. The van der Waals surface area contributed by atoms with Crippen LogP contribution in [-0.4, -0.2) is 14.5 Å². The van der Waals surface area contributed by atoms with Crippen molar-refractivity contribution in [1.29, 1.82) is 0 Å². The first-order valence-electron chi connectivity index (χ1n) is 17.3. The maximum absolute atomic E-state index is 5.27. The number of hydrogen-bond donors (Lipinski definition) is 0. The molecule has 8 aromatic carbocycles. The molecule has 0 aliphatic rings. The molecule has 0 radical (unpaired) electrons. The molecule has 3 heteroatoms. The standard InChI is InChI=1S/C48H31N3/c1-3-15-32(16-4-1)44-31-45(50-48(49-44)33-17-5-2-6-18-33)36-27-35(43-30-34-19-7-8-20-38(34)39-21-9-10-22-40(39)43)28-37(29-36)51-46-25-13-11-23-41(46)42-24-12-14-26-47(42)51/h1-31H. The highest BCUT2D eigenvalue weighted by atomic mass is 15.0. The third-order valence-electron chi connectivity index (χ3n) is 9.96. The molecule has 0 unspecified atom stereocenters. The first-order chi connectivity index (χ1) is 25.3. The minimum atomic E-state index is 0.701. The van der Waals surface area contributed by atoms with Crippen molar-refractivity contribution in [3.8, 4) is 50.7 Å². The van der Waals surface area contributed by atoms with Crippen LogP contribution in [0.5, 0.6) is 0 Å². The van der Waals surface area contributed by atoms with Crippen LogP contribution in [0.3, 0.4) is 0 Å². The molecule has 0 saturated carbocycles. The van der Waals surface area contributed by atoms with Gasteiger partial charge in [-0.25, -0.2) is 9.97 Å². The Labute approximate surface area is 295 Å². The molecule has 0 aliphatic carbocycles. The molecule has 238 valence electrons. The topological polar surface area (TPSA) is 30.7 Å². The van der Waals surface area contributed by atoms with Crippen molar-refractivity contribution >= 4 is 43.4 Å². The number of aromatic nitrogens is 3. The van der Waals surface area contributed by atoms with Crippen molar-refractivity contribution in [3.63, 3.8) is 0 Å². The molecule has 0 aliphatic heterocycles. The molecule has 2 aromatic heterocycles. The molecule has 3 nitrogen and oxygen atoms in total. The number of fused-ring (bicyclic) bond motifs is 6. The Kier molecular flexibility index (Phi) is 6.81. The Morgan fingerprint density at radius 2 is 0.843 bits per heavy atom. The van der Waals surface area contributed by atoms with Gasteiger partial charge in [0.05, 0.1) is 22.4 Å². The van der Waals surface area contributed by atoms with Crippen molar-refractivity contribution < 1.29 is 0 Å². The van der Waals surface area contributed by atoms with Crippen molar-refractivity contribution in [3.05, 3.63) is 188 Å². The fourth-order valence-electron chi connectivity index (χ4n) is 7.61. The van der Waals surface area contributed by atoms with Gasteiger partial charge in [-0.05, 0) is 75.1 Å². The number of para-hydroxylation sites is 2. The molecular formula is C48H31N3. The van der Waals surface area contributed by atoms with Gasteiger partial charge in [0.25, 0.3) is 0 Å². The van der Waals surface area contributed by atoms with Crippen LogP contribution in [0.2, 0.25) is 0 Å². The molecule has 2 heterocycles. The molecule has 0 N–H and O–H groups in total. The van der Waals surface area contributed by atoms with Crippen LogP contribution in [0.15, 0.2) is 188 Å². The zero-order valence-corrected chi connectivity index (χ0v) is 27.7. The summed E-state index contributed by atoms with van der Waals surface area (Å²) in [5.41, 5.74) is 10.6. The van der Waals surface area contributed by atoms with Crippen molar-refractivity contribution in [2.75, 3.05) is 0 Å². The molecule has 0 amide bonds. The zero-order chi connectivity index (χ0) is 33.7. The van der Waals surface area contributed by atoms with Crippen LogP contribution in [0.25, 0.3) is 94.1 Å². The van der Waals surface area contributed by atoms with Gasteiger partial charge in [0.2, 0.25) is 0 Å². The van der Waals surface area contributed by atoms with E-state index in [4.69, 9.17) is 9.97 Å². The maximum atomic E-state index is 5.27. The molecule has 0 bridgehead atoms. The fraction of sp³-hybridized carbons (Fsp3) is 0. The third kappa shape index (κ3) is 4.98. The number of rotatable bonds is 5. The van der Waals surface area contributed by atoms with Gasteiger partial charge in [-0.15, -0.1) is 0 Å². The minimum Gasteiger partial charge on any atom is -0.309 e. The predicted molar refractivity (Wildman–Crippen MR) is 213 cm³/mol. The Morgan fingerprint density at radius 3 is 1.53 bits per heavy atom. The minimum absolute atomic E-state index is 0.701. The number of nitrogens with zero attached hydrogens (tertiary/aromatic N) is 3. The Bertz CT molecular complexity index is 2790. The van der Waals surface area contributed by atoms with E-state index in [2.05, 4.69) is 168 Å². The highest BCUT2D eigenvalue weighted by Gasteiger charge is 2.18. The van der Waals surface area contributed by atoms with Gasteiger partial charge in [0, 0.05) is 33.2 Å². The van der Waals surface area contributed by atoms with E-state index in [0.29, 0.717) is 5.82 Å². The van der Waals surface area contributed by atoms with Gasteiger partial charge in [-0.3, -0.25) is 0 Å². The quantitative estimate of drug-likeness (QED) is 0.174. The lowest BCUT2D eigenvalue weighted by atomic mass is 9.91. The largest absolute Gasteiger partial charge is 0.309 e. The lowest BCUT2D eigenvalue weighted by Gasteiger charge is -2.17. The van der Waals surface area contributed by atoms with Gasteiger partial charge in [-0.2, -0.15) is 0 Å². The van der Waals surface area contributed by atoms with Gasteiger partial charge in [0.15, 0.2) is 5.82 Å². The predicted octanol–water partition coefficient (Wildman–Crippen LogP) is 12.5. The monoisotopic (exact) mass is 649 g/mol. The summed E-state index contributed by atoms with van der Waals surface area (Å²) in [6.45, 7) is 0. The summed E-state index contributed by atoms with van der Waals surface area (Å²) >= 11 is 0. The number of hydrogen-bond acceptors (Lipinski definition) is 2. The Morgan fingerprint density at radius 1 is 0.333 bits per heavy atom. The SMILES string of the molecule is c1ccc(-c2cc(-c3cc(-c4cc5ccccc5c5ccccc45)cc(-n4c5ccccc5c5ccccc54)c3)nc(-c3ccccc3)n2)cc1. The summed E-state index contributed by atoms with van der Waals surface area (Å²) in [6.07, 6.45) is 0. The Hall–Kier alpha value is -6.84. The van der Waals surface area contributed by atoms with Gasteiger partial charge < -0.3 is 4.57 Å². The van der Waals surface area contributed by atoms with Crippen LogP contribution < -0.4 is 0 Å². The van der Waals surface area contributed by atoms with Gasteiger partial charge in [-0.1, -0.05) is 146 Å². The van der Waals surface area contributed by atoms with E-state index < -0.39 is 0 Å². The molecule has 0 atom stereocenters. The highest BCUT2D eigenvalue weighted by Crippen LogP contribution is 2.40. The van der Waals surface area contributed by atoms with E-state index in [9.17, 15) is 0 Å². The molecule has 0 spiro atoms. The first-order valence-corrected chi connectivity index (χ1v) is 17.3. The van der Waals surface area contributed by atoms with Gasteiger partial charge >= 0.3 is 0 Å². The molecule has 51 heavy (non-hydrogen) atoms. The van der Waals surface area contributed by atoms with E-state index in [0.717, 1.165) is 39.3 Å². The summed E-state index contributed by atoms with van der Waals surface area (Å²) in [5, 5.41) is 7.40. The second-order valence-corrected chi connectivity index (χ2v) is 13.0.